The van der Waals surface area contributed by atoms with Crippen molar-refractivity contribution < 1.29 is 0 Å². The Kier molecular flexibility index (Phi) is 4.17. The SMILES string of the molecule is N#C/C(=C(/N)c1cc(Br)c(Br)s1)c1cccnc1. The fourth-order valence-electron chi connectivity index (χ4n) is 1.39. The van der Waals surface area contributed by atoms with Crippen LogP contribution in [0.15, 0.2) is 38.9 Å². The van der Waals surface area contributed by atoms with E-state index in [9.17, 15) is 5.26 Å². The van der Waals surface area contributed by atoms with Gasteiger partial charge in [-0.05, 0) is 44.0 Å². The van der Waals surface area contributed by atoms with E-state index < -0.39 is 0 Å². The monoisotopic (exact) mass is 383 g/mol. The predicted molar refractivity (Wildman–Crippen MR) is 80.6 cm³/mol. The summed E-state index contributed by atoms with van der Waals surface area (Å²) in [5.74, 6) is 0. The van der Waals surface area contributed by atoms with Crippen LogP contribution in [0.2, 0.25) is 0 Å². The maximum absolute atomic E-state index is 9.25. The number of halogens is 2. The van der Waals surface area contributed by atoms with Crippen LogP contribution >= 0.6 is 43.2 Å². The molecule has 0 unspecified atom stereocenters. The van der Waals surface area contributed by atoms with Gasteiger partial charge in [-0.25, -0.2) is 0 Å². The van der Waals surface area contributed by atoms with Crippen LogP contribution in [0.5, 0.6) is 0 Å². The summed E-state index contributed by atoms with van der Waals surface area (Å²) in [5, 5.41) is 9.25. The van der Waals surface area contributed by atoms with Gasteiger partial charge in [0.15, 0.2) is 0 Å². The fraction of sp³-hybridized carbons (Fsp3) is 0. The Hall–Kier alpha value is -1.16. The molecule has 0 fully saturated rings. The van der Waals surface area contributed by atoms with Crippen molar-refractivity contribution >= 4 is 54.5 Å². The van der Waals surface area contributed by atoms with Gasteiger partial charge in [-0.15, -0.1) is 11.3 Å². The van der Waals surface area contributed by atoms with Crippen LogP contribution < -0.4 is 5.73 Å². The Balaban J connectivity index is 2.55. The van der Waals surface area contributed by atoms with Gasteiger partial charge in [0.2, 0.25) is 0 Å². The van der Waals surface area contributed by atoms with E-state index in [2.05, 4.69) is 42.9 Å². The van der Waals surface area contributed by atoms with Gasteiger partial charge < -0.3 is 5.73 Å². The highest BCUT2D eigenvalue weighted by atomic mass is 79.9. The Morgan fingerprint density at radius 2 is 2.22 bits per heavy atom. The van der Waals surface area contributed by atoms with Crippen LogP contribution in [-0.2, 0) is 0 Å². The third-order valence-electron chi connectivity index (χ3n) is 2.24. The number of pyridine rings is 1. The minimum absolute atomic E-state index is 0.435. The van der Waals surface area contributed by atoms with E-state index in [4.69, 9.17) is 5.73 Å². The molecular formula is C12H7Br2N3S. The summed E-state index contributed by atoms with van der Waals surface area (Å²) < 4.78 is 1.87. The standard InChI is InChI=1S/C12H7Br2N3S/c13-9-4-10(18-12(9)14)11(16)8(5-15)7-2-1-3-17-6-7/h1-4,6H,16H2/b11-8-. The highest BCUT2D eigenvalue weighted by Gasteiger charge is 2.12. The van der Waals surface area contributed by atoms with E-state index in [0.29, 0.717) is 11.3 Å². The molecule has 0 aliphatic heterocycles. The second-order valence-electron chi connectivity index (χ2n) is 3.37. The number of nitrogens with two attached hydrogens (primary N) is 1. The maximum atomic E-state index is 9.25. The molecule has 2 heterocycles. The average Bonchev–Trinajstić information content (AvgIpc) is 2.72. The summed E-state index contributed by atoms with van der Waals surface area (Å²) in [6, 6.07) is 7.62. The molecule has 2 N–H and O–H groups in total. The van der Waals surface area contributed by atoms with Gasteiger partial charge in [0.1, 0.15) is 6.07 Å². The summed E-state index contributed by atoms with van der Waals surface area (Å²) in [6.07, 6.45) is 3.29. The lowest BCUT2D eigenvalue weighted by Crippen LogP contribution is -1.98. The van der Waals surface area contributed by atoms with Crippen molar-refractivity contribution in [2.24, 2.45) is 5.73 Å². The van der Waals surface area contributed by atoms with Crippen LogP contribution in [0, 0.1) is 11.3 Å². The lowest BCUT2D eigenvalue weighted by atomic mass is 10.1. The molecular weight excluding hydrogens is 378 g/mol. The third-order valence-corrected chi connectivity index (χ3v) is 5.53. The molecule has 0 saturated heterocycles. The van der Waals surface area contributed by atoms with Gasteiger partial charge >= 0.3 is 0 Å². The first-order chi connectivity index (χ1) is 8.63. The zero-order chi connectivity index (χ0) is 13.1. The third kappa shape index (κ3) is 2.64. The number of hydrogen-bond acceptors (Lipinski definition) is 4. The van der Waals surface area contributed by atoms with Crippen LogP contribution in [0.4, 0.5) is 0 Å². The molecule has 2 aromatic rings. The number of rotatable bonds is 2. The van der Waals surface area contributed by atoms with Crippen molar-refractivity contribution in [1.82, 2.24) is 4.98 Å². The van der Waals surface area contributed by atoms with Gasteiger partial charge in [-0.1, -0.05) is 6.07 Å². The van der Waals surface area contributed by atoms with E-state index in [1.165, 1.54) is 11.3 Å². The van der Waals surface area contributed by atoms with Crippen molar-refractivity contribution in [2.45, 2.75) is 0 Å². The Morgan fingerprint density at radius 1 is 1.44 bits per heavy atom. The number of allylic oxidation sites excluding steroid dienone is 1. The highest BCUT2D eigenvalue weighted by molar-refractivity contribution is 9.13. The molecule has 18 heavy (non-hydrogen) atoms. The molecule has 0 aliphatic rings. The van der Waals surface area contributed by atoms with Gasteiger partial charge in [-0.3, -0.25) is 4.98 Å². The van der Waals surface area contributed by atoms with Crippen molar-refractivity contribution in [3.8, 4) is 6.07 Å². The van der Waals surface area contributed by atoms with E-state index in [0.717, 1.165) is 18.7 Å². The van der Waals surface area contributed by atoms with Crippen LogP contribution in [0.1, 0.15) is 10.4 Å². The number of aromatic nitrogens is 1. The number of thiophene rings is 1. The maximum Gasteiger partial charge on any atom is 0.102 e. The summed E-state index contributed by atoms with van der Waals surface area (Å²) >= 11 is 8.29. The second kappa shape index (κ2) is 5.65. The van der Waals surface area contributed by atoms with E-state index in [1.807, 2.05) is 12.1 Å². The van der Waals surface area contributed by atoms with E-state index >= 15 is 0 Å². The Labute approximate surface area is 125 Å². The predicted octanol–water partition coefficient (Wildman–Crippen LogP) is 4.02. The van der Waals surface area contributed by atoms with Crippen LogP contribution in [0.25, 0.3) is 11.3 Å². The molecule has 0 aromatic carbocycles. The summed E-state index contributed by atoms with van der Waals surface area (Å²) in [6.45, 7) is 0. The minimum atomic E-state index is 0.435. The average molecular weight is 385 g/mol. The molecule has 0 bridgehead atoms. The lowest BCUT2D eigenvalue weighted by Gasteiger charge is -2.02. The molecule has 90 valence electrons. The number of nitrogens with zero attached hydrogens (tertiary/aromatic N) is 2. The summed E-state index contributed by atoms with van der Waals surface area (Å²) in [7, 11) is 0. The van der Waals surface area contributed by atoms with Gasteiger partial charge in [0, 0.05) is 22.4 Å². The topological polar surface area (TPSA) is 62.7 Å². The fourth-order valence-corrected chi connectivity index (χ4v) is 3.39. The summed E-state index contributed by atoms with van der Waals surface area (Å²) in [5.41, 5.74) is 7.68. The molecule has 3 nitrogen and oxygen atoms in total. The first-order valence-corrected chi connectivity index (χ1v) is 7.29. The largest absolute Gasteiger partial charge is 0.396 e. The normalized spacial score (nSPS) is 11.8. The van der Waals surface area contributed by atoms with E-state index in [1.54, 1.807) is 18.5 Å². The quantitative estimate of drug-likeness (QED) is 0.795. The molecule has 0 atom stereocenters. The first kappa shape index (κ1) is 13.3. The van der Waals surface area contributed by atoms with Gasteiger partial charge in [0.25, 0.3) is 0 Å². The van der Waals surface area contributed by atoms with Crippen LogP contribution in [0.3, 0.4) is 0 Å². The molecule has 2 rings (SSSR count). The first-order valence-electron chi connectivity index (χ1n) is 4.89. The Morgan fingerprint density at radius 3 is 2.72 bits per heavy atom. The lowest BCUT2D eigenvalue weighted by molar-refractivity contribution is 1.31. The molecule has 6 heteroatoms. The molecule has 2 aromatic heterocycles. The second-order valence-corrected chi connectivity index (χ2v) is 6.60. The molecule has 0 amide bonds. The molecule has 0 spiro atoms. The van der Waals surface area contributed by atoms with Crippen LogP contribution in [-0.4, -0.2) is 4.98 Å². The van der Waals surface area contributed by atoms with Crippen molar-refractivity contribution in [1.29, 1.82) is 5.26 Å². The van der Waals surface area contributed by atoms with Crippen molar-refractivity contribution in [3.63, 3.8) is 0 Å². The smallest absolute Gasteiger partial charge is 0.102 e. The summed E-state index contributed by atoms with van der Waals surface area (Å²) in [4.78, 5) is 4.84. The van der Waals surface area contributed by atoms with Crippen molar-refractivity contribution in [3.05, 3.63) is 49.3 Å². The Bertz CT molecular complexity index is 622. The zero-order valence-corrected chi connectivity index (χ0v) is 13.0. The molecule has 0 radical (unpaired) electrons. The highest BCUT2D eigenvalue weighted by Crippen LogP contribution is 2.36. The van der Waals surface area contributed by atoms with Crippen molar-refractivity contribution in [2.75, 3.05) is 0 Å². The van der Waals surface area contributed by atoms with E-state index in [-0.39, 0.29) is 0 Å². The van der Waals surface area contributed by atoms with Gasteiger partial charge in [0.05, 0.1) is 19.9 Å². The van der Waals surface area contributed by atoms with Gasteiger partial charge in [-0.2, -0.15) is 5.26 Å². The molecule has 0 aliphatic carbocycles. The number of nitriles is 1. The minimum Gasteiger partial charge on any atom is -0.396 e. The zero-order valence-electron chi connectivity index (χ0n) is 9.02. The molecule has 0 saturated carbocycles. The number of hydrogen-bond donors (Lipinski definition) is 1.